The molecule has 3 nitrogen and oxygen atoms in total. The van der Waals surface area contributed by atoms with Crippen LogP contribution in [0.5, 0.6) is 0 Å². The minimum atomic E-state index is 0.461. The number of unbranched alkanes of at least 4 members (excludes halogenated alkanes) is 3. The summed E-state index contributed by atoms with van der Waals surface area (Å²) in [5.41, 5.74) is 6.22. The van der Waals surface area contributed by atoms with Gasteiger partial charge in [-0.1, -0.05) is 37.1 Å². The molecule has 18 heavy (non-hydrogen) atoms. The summed E-state index contributed by atoms with van der Waals surface area (Å²) in [4.78, 5) is 0. The average molecular weight is 276 g/mol. The molecule has 0 bridgehead atoms. The molecule has 0 saturated carbocycles. The topological polar surface area (TPSA) is 44.5 Å². The fraction of sp³-hybridized carbons (Fsp3) is 0.714. The van der Waals surface area contributed by atoms with Crippen molar-refractivity contribution in [2.75, 3.05) is 33.0 Å². The van der Waals surface area contributed by atoms with Crippen LogP contribution in [0.4, 0.5) is 0 Å². The number of allylic oxidation sites excluding steroid dienone is 1. The Balaban J connectivity index is 3.19. The molecule has 0 aromatic rings. The first-order chi connectivity index (χ1) is 8.72. The molecule has 0 spiro atoms. The highest BCUT2D eigenvalue weighted by Gasteiger charge is 1.98. The van der Waals surface area contributed by atoms with Crippen LogP contribution in [0.1, 0.15) is 32.6 Å². The Morgan fingerprint density at radius 3 is 2.44 bits per heavy atom. The van der Waals surface area contributed by atoms with Gasteiger partial charge in [-0.05, 0) is 31.9 Å². The van der Waals surface area contributed by atoms with Gasteiger partial charge in [-0.2, -0.15) is 0 Å². The third-order valence-corrected chi connectivity index (χ3v) is 2.97. The van der Waals surface area contributed by atoms with Crippen molar-refractivity contribution < 1.29 is 9.47 Å². The Hall–Kier alpha value is -0.350. The Morgan fingerprint density at radius 2 is 1.78 bits per heavy atom. The van der Waals surface area contributed by atoms with Crippen molar-refractivity contribution in [1.82, 2.24) is 0 Å². The molecule has 106 valence electrons. The standard InChI is InChI=1S/C14H26ClNO2/c1-3-14(15)13(2)12-18-11-10-17-9-7-5-4-6-8-16/h3H,2,4-12,16H2,1H3. The summed E-state index contributed by atoms with van der Waals surface area (Å²) in [7, 11) is 0. The van der Waals surface area contributed by atoms with Gasteiger partial charge in [0.15, 0.2) is 0 Å². The molecule has 0 aromatic carbocycles. The van der Waals surface area contributed by atoms with E-state index in [1.807, 2.05) is 13.0 Å². The van der Waals surface area contributed by atoms with Crippen LogP contribution in [0.15, 0.2) is 23.3 Å². The van der Waals surface area contributed by atoms with Crippen molar-refractivity contribution in [2.24, 2.45) is 5.73 Å². The van der Waals surface area contributed by atoms with E-state index < -0.39 is 0 Å². The van der Waals surface area contributed by atoms with Crippen LogP contribution in [0.25, 0.3) is 0 Å². The van der Waals surface area contributed by atoms with E-state index in [0.717, 1.165) is 31.6 Å². The van der Waals surface area contributed by atoms with Gasteiger partial charge in [0.2, 0.25) is 0 Å². The van der Waals surface area contributed by atoms with E-state index >= 15 is 0 Å². The first-order valence-corrected chi connectivity index (χ1v) is 6.95. The minimum absolute atomic E-state index is 0.461. The Kier molecular flexibility index (Phi) is 12.8. The van der Waals surface area contributed by atoms with E-state index in [4.69, 9.17) is 26.8 Å². The van der Waals surface area contributed by atoms with E-state index in [1.165, 1.54) is 12.8 Å². The molecule has 4 heteroatoms. The lowest BCUT2D eigenvalue weighted by Gasteiger charge is -2.07. The Bertz CT molecular complexity index is 242. The maximum atomic E-state index is 5.88. The molecule has 0 unspecified atom stereocenters. The average Bonchev–Trinajstić information content (AvgIpc) is 2.39. The minimum Gasteiger partial charge on any atom is -0.379 e. The second kappa shape index (κ2) is 13.1. The maximum Gasteiger partial charge on any atom is 0.0726 e. The zero-order valence-corrected chi connectivity index (χ0v) is 12.2. The molecular weight excluding hydrogens is 250 g/mol. The summed E-state index contributed by atoms with van der Waals surface area (Å²) in [6.07, 6.45) is 6.39. The van der Waals surface area contributed by atoms with Crippen LogP contribution < -0.4 is 5.73 Å². The molecule has 0 atom stereocenters. The second-order valence-electron chi connectivity index (χ2n) is 4.11. The van der Waals surface area contributed by atoms with Crippen molar-refractivity contribution in [3.63, 3.8) is 0 Å². The molecule has 0 aliphatic carbocycles. The van der Waals surface area contributed by atoms with Crippen LogP contribution in [0, 0.1) is 0 Å². The van der Waals surface area contributed by atoms with Crippen molar-refractivity contribution >= 4 is 11.6 Å². The third-order valence-electron chi connectivity index (χ3n) is 2.48. The molecule has 0 aliphatic heterocycles. The predicted octanol–water partition coefficient (Wildman–Crippen LogP) is 3.24. The molecule has 0 rings (SSSR count). The van der Waals surface area contributed by atoms with E-state index in [0.29, 0.717) is 24.9 Å². The molecule has 0 aliphatic rings. The fourth-order valence-electron chi connectivity index (χ4n) is 1.39. The maximum absolute atomic E-state index is 5.88. The fourth-order valence-corrected chi connectivity index (χ4v) is 1.44. The van der Waals surface area contributed by atoms with E-state index in [2.05, 4.69) is 6.58 Å². The number of halogens is 1. The largest absolute Gasteiger partial charge is 0.379 e. The smallest absolute Gasteiger partial charge is 0.0726 e. The quantitative estimate of drug-likeness (QED) is 0.439. The van der Waals surface area contributed by atoms with Gasteiger partial charge in [0, 0.05) is 11.6 Å². The van der Waals surface area contributed by atoms with Crippen LogP contribution in [-0.4, -0.2) is 33.0 Å². The highest BCUT2D eigenvalue weighted by molar-refractivity contribution is 6.31. The molecule has 0 amide bonds. The van der Waals surface area contributed by atoms with Crippen LogP contribution >= 0.6 is 11.6 Å². The van der Waals surface area contributed by atoms with E-state index in [9.17, 15) is 0 Å². The zero-order chi connectivity index (χ0) is 13.6. The van der Waals surface area contributed by atoms with E-state index in [1.54, 1.807) is 0 Å². The van der Waals surface area contributed by atoms with Crippen molar-refractivity contribution in [2.45, 2.75) is 32.6 Å². The van der Waals surface area contributed by atoms with Crippen molar-refractivity contribution in [3.05, 3.63) is 23.3 Å². The van der Waals surface area contributed by atoms with Gasteiger partial charge in [0.1, 0.15) is 0 Å². The molecule has 0 saturated heterocycles. The van der Waals surface area contributed by atoms with Gasteiger partial charge >= 0.3 is 0 Å². The second-order valence-corrected chi connectivity index (χ2v) is 4.52. The van der Waals surface area contributed by atoms with Gasteiger partial charge in [-0.3, -0.25) is 0 Å². The van der Waals surface area contributed by atoms with Crippen LogP contribution in [-0.2, 0) is 9.47 Å². The Morgan fingerprint density at radius 1 is 1.11 bits per heavy atom. The van der Waals surface area contributed by atoms with Crippen LogP contribution in [0.3, 0.4) is 0 Å². The summed E-state index contributed by atoms with van der Waals surface area (Å²) in [5, 5.41) is 0.663. The SMILES string of the molecule is C=C(COCCOCCCCCCN)C(Cl)=CC. The van der Waals surface area contributed by atoms with Gasteiger partial charge < -0.3 is 15.2 Å². The van der Waals surface area contributed by atoms with E-state index in [-0.39, 0.29) is 0 Å². The third kappa shape index (κ3) is 10.8. The van der Waals surface area contributed by atoms with Crippen molar-refractivity contribution in [1.29, 1.82) is 0 Å². The lowest BCUT2D eigenvalue weighted by atomic mass is 10.2. The number of rotatable bonds is 12. The summed E-state index contributed by atoms with van der Waals surface area (Å²) < 4.78 is 10.8. The number of ether oxygens (including phenoxy) is 2. The van der Waals surface area contributed by atoms with Gasteiger partial charge in [0.25, 0.3) is 0 Å². The molecule has 0 heterocycles. The summed E-state index contributed by atoms with van der Waals surface area (Å²) in [5.74, 6) is 0. The summed E-state index contributed by atoms with van der Waals surface area (Å²) >= 11 is 5.88. The number of nitrogens with two attached hydrogens (primary N) is 1. The molecule has 0 fully saturated rings. The van der Waals surface area contributed by atoms with Crippen molar-refractivity contribution in [3.8, 4) is 0 Å². The van der Waals surface area contributed by atoms with Crippen LogP contribution in [0.2, 0.25) is 0 Å². The molecule has 2 N–H and O–H groups in total. The first-order valence-electron chi connectivity index (χ1n) is 6.58. The van der Waals surface area contributed by atoms with Gasteiger partial charge in [-0.15, -0.1) is 0 Å². The molecular formula is C14H26ClNO2. The normalized spacial score (nSPS) is 11.8. The predicted molar refractivity (Wildman–Crippen MR) is 77.9 cm³/mol. The number of hydrogen-bond donors (Lipinski definition) is 1. The highest BCUT2D eigenvalue weighted by atomic mass is 35.5. The van der Waals surface area contributed by atoms with Gasteiger partial charge in [0.05, 0.1) is 19.8 Å². The first kappa shape index (κ1) is 17.6. The molecule has 0 radical (unpaired) electrons. The zero-order valence-electron chi connectivity index (χ0n) is 11.4. The summed E-state index contributed by atoms with van der Waals surface area (Å²) in [6, 6.07) is 0. The molecule has 0 aromatic heterocycles. The lowest BCUT2D eigenvalue weighted by Crippen LogP contribution is -2.07. The number of hydrogen-bond acceptors (Lipinski definition) is 3. The Labute approximate surface area is 116 Å². The highest BCUT2D eigenvalue weighted by Crippen LogP contribution is 2.12. The monoisotopic (exact) mass is 275 g/mol. The van der Waals surface area contributed by atoms with Gasteiger partial charge in [-0.25, -0.2) is 0 Å². The lowest BCUT2D eigenvalue weighted by molar-refractivity contribution is 0.0552. The summed E-state index contributed by atoms with van der Waals surface area (Å²) in [6.45, 7) is 8.95.